The summed E-state index contributed by atoms with van der Waals surface area (Å²) >= 11 is 0. The van der Waals surface area contributed by atoms with Crippen molar-refractivity contribution in [3.05, 3.63) is 269 Å². The minimum absolute atomic E-state index is 0.00114. The van der Waals surface area contributed by atoms with Crippen LogP contribution in [0.1, 0.15) is 148 Å². The lowest BCUT2D eigenvalue weighted by Crippen LogP contribution is -2.59. The van der Waals surface area contributed by atoms with Crippen molar-refractivity contribution in [2.45, 2.75) is 152 Å². The summed E-state index contributed by atoms with van der Waals surface area (Å²) in [6, 6.07) is 84.1. The number of hydrogen-bond acceptors (Lipinski definition) is 2. The van der Waals surface area contributed by atoms with Crippen LogP contribution in [0.2, 0.25) is 0 Å². The Morgan fingerprint density at radius 1 is 0.291 bits per heavy atom. The van der Waals surface area contributed by atoms with E-state index in [0.29, 0.717) is 0 Å². The zero-order chi connectivity index (χ0) is 61.7. The average molecular weight is 1130 g/mol. The maximum absolute atomic E-state index is 2.55. The largest absolute Gasteiger partial charge is 0.311 e. The van der Waals surface area contributed by atoms with Crippen LogP contribution in [0, 0.1) is 20.8 Å². The highest BCUT2D eigenvalue weighted by molar-refractivity contribution is 6.98. The van der Waals surface area contributed by atoms with Gasteiger partial charge in [0, 0.05) is 34.1 Å². The number of rotatable bonds is 8. The third-order valence-corrected chi connectivity index (χ3v) is 17.6. The van der Waals surface area contributed by atoms with Crippen molar-refractivity contribution in [3.63, 3.8) is 0 Å². The predicted molar refractivity (Wildman–Crippen MR) is 377 cm³/mol. The lowest BCUT2D eigenvalue weighted by atomic mass is 9.33. The standard InChI is InChI=1S/C62H63BN2.C21H28/c1-42-28-29-49(61(6,7)8)39-55(42)63-56-40-50(62(9,10)11)32-35-57(56)65(51-33-30-48(31-34-51)60(3,4)5)58-41-54(36-43(2)59(58)63)64(52-26-18-24-46(37-52)44-20-14-12-15-21-44)53-27-19-25-47(38-53)45-22-16-13-17-23-45;1-15-8-11-18(21(5,6)7)14-19(15)16-9-12-17(13-10-16)20(2,3)4/h12-41H,1-11H3;8-14H,1-7H3. The number of anilines is 6. The Labute approximate surface area is 518 Å². The molecule has 1 heterocycles. The molecule has 0 spiro atoms. The van der Waals surface area contributed by atoms with Gasteiger partial charge in [0.25, 0.3) is 0 Å². The van der Waals surface area contributed by atoms with E-state index in [1.165, 1.54) is 106 Å². The quantitative estimate of drug-likeness (QED) is 0.140. The summed E-state index contributed by atoms with van der Waals surface area (Å²) in [7, 11) is 0. The Morgan fingerprint density at radius 3 is 1.20 bits per heavy atom. The molecule has 0 aromatic heterocycles. The van der Waals surface area contributed by atoms with Gasteiger partial charge < -0.3 is 9.80 Å². The summed E-state index contributed by atoms with van der Waals surface area (Å²) in [5.41, 5.74) is 29.5. The zero-order valence-corrected chi connectivity index (χ0v) is 54.8. The van der Waals surface area contributed by atoms with Crippen molar-refractivity contribution in [1.82, 2.24) is 0 Å². The molecule has 0 radical (unpaired) electrons. The van der Waals surface area contributed by atoms with Crippen LogP contribution in [0.5, 0.6) is 0 Å². The summed E-state index contributed by atoms with van der Waals surface area (Å²) in [6.07, 6.45) is 0. The Bertz CT molecular complexity index is 3940. The van der Waals surface area contributed by atoms with Crippen LogP contribution in [-0.2, 0) is 27.1 Å². The molecule has 0 saturated carbocycles. The molecule has 11 rings (SSSR count). The van der Waals surface area contributed by atoms with Crippen molar-refractivity contribution in [3.8, 4) is 33.4 Å². The van der Waals surface area contributed by atoms with Gasteiger partial charge >= 0.3 is 0 Å². The van der Waals surface area contributed by atoms with Gasteiger partial charge in [0.05, 0.1) is 0 Å². The van der Waals surface area contributed by atoms with Gasteiger partial charge in [-0.15, -0.1) is 0 Å². The average Bonchev–Trinajstić information content (AvgIpc) is 0.805. The highest BCUT2D eigenvalue weighted by Crippen LogP contribution is 2.45. The van der Waals surface area contributed by atoms with Crippen LogP contribution in [-0.4, -0.2) is 6.71 Å². The molecule has 0 saturated heterocycles. The first-order valence-corrected chi connectivity index (χ1v) is 31.2. The van der Waals surface area contributed by atoms with Gasteiger partial charge in [0.2, 0.25) is 6.71 Å². The van der Waals surface area contributed by atoms with Crippen LogP contribution in [0.3, 0.4) is 0 Å². The van der Waals surface area contributed by atoms with Gasteiger partial charge in [0.1, 0.15) is 0 Å². The minimum atomic E-state index is -0.0245. The Morgan fingerprint density at radius 2 is 0.709 bits per heavy atom. The van der Waals surface area contributed by atoms with Crippen molar-refractivity contribution < 1.29 is 0 Å². The monoisotopic (exact) mass is 1130 g/mol. The van der Waals surface area contributed by atoms with E-state index in [9.17, 15) is 0 Å². The minimum Gasteiger partial charge on any atom is -0.311 e. The van der Waals surface area contributed by atoms with Gasteiger partial charge in [0.15, 0.2) is 0 Å². The molecule has 10 aromatic carbocycles. The molecule has 1 aliphatic heterocycles. The van der Waals surface area contributed by atoms with E-state index in [1.807, 2.05) is 0 Å². The molecule has 0 unspecified atom stereocenters. The maximum Gasteiger partial charge on any atom is 0.247 e. The summed E-state index contributed by atoms with van der Waals surface area (Å²) in [5.74, 6) is 0. The molecular formula is C83H91BN2. The van der Waals surface area contributed by atoms with E-state index < -0.39 is 0 Å². The number of aryl methyl sites for hydroxylation is 3. The smallest absolute Gasteiger partial charge is 0.247 e. The molecule has 0 N–H and O–H groups in total. The molecule has 3 heteroatoms. The molecule has 1 aliphatic rings. The fraction of sp³-hybridized carbons (Fsp3) is 0.277. The fourth-order valence-corrected chi connectivity index (χ4v) is 12.2. The first-order valence-electron chi connectivity index (χ1n) is 31.2. The second kappa shape index (κ2) is 23.6. The van der Waals surface area contributed by atoms with E-state index in [-0.39, 0.29) is 33.8 Å². The van der Waals surface area contributed by atoms with Gasteiger partial charge in [-0.1, -0.05) is 290 Å². The Balaban J connectivity index is 0.000000329. The summed E-state index contributed by atoms with van der Waals surface area (Å²) < 4.78 is 0. The molecule has 10 aromatic rings. The van der Waals surface area contributed by atoms with Crippen molar-refractivity contribution in [1.29, 1.82) is 0 Å². The Hall–Kier alpha value is -8.14. The Kier molecular flexibility index (Phi) is 16.7. The zero-order valence-electron chi connectivity index (χ0n) is 54.8. The number of nitrogens with zero attached hydrogens (tertiary/aromatic N) is 2. The predicted octanol–water partition coefficient (Wildman–Crippen LogP) is 21.6. The van der Waals surface area contributed by atoms with Gasteiger partial charge in [-0.3, -0.25) is 0 Å². The number of fused-ring (bicyclic) bond motifs is 2. The van der Waals surface area contributed by atoms with E-state index in [1.54, 1.807) is 0 Å². The molecule has 0 bridgehead atoms. The normalized spacial score (nSPS) is 12.7. The molecule has 0 amide bonds. The van der Waals surface area contributed by atoms with Crippen LogP contribution in [0.4, 0.5) is 34.1 Å². The lowest BCUT2D eigenvalue weighted by Gasteiger charge is -2.40. The fourth-order valence-electron chi connectivity index (χ4n) is 12.2. The van der Waals surface area contributed by atoms with Crippen LogP contribution >= 0.6 is 0 Å². The van der Waals surface area contributed by atoms with Gasteiger partial charge in [-0.25, -0.2) is 0 Å². The first-order chi connectivity index (χ1) is 40.5. The van der Waals surface area contributed by atoms with E-state index in [4.69, 9.17) is 0 Å². The summed E-state index contributed by atoms with van der Waals surface area (Å²) in [5, 5.41) is 0. The van der Waals surface area contributed by atoms with E-state index in [2.05, 4.69) is 359 Å². The lowest BCUT2D eigenvalue weighted by molar-refractivity contribution is 0.589. The summed E-state index contributed by atoms with van der Waals surface area (Å²) in [6.45, 7) is 41.3. The molecule has 0 fully saturated rings. The highest BCUT2D eigenvalue weighted by Gasteiger charge is 2.39. The van der Waals surface area contributed by atoms with E-state index >= 15 is 0 Å². The molecule has 436 valence electrons. The third kappa shape index (κ3) is 13.0. The molecule has 0 aliphatic carbocycles. The second-order valence-corrected chi connectivity index (χ2v) is 29.4. The molecule has 2 nitrogen and oxygen atoms in total. The van der Waals surface area contributed by atoms with Crippen LogP contribution in [0.25, 0.3) is 33.4 Å². The van der Waals surface area contributed by atoms with Crippen molar-refractivity contribution in [2.24, 2.45) is 0 Å². The molecular weight excluding hydrogens is 1040 g/mol. The van der Waals surface area contributed by atoms with Crippen molar-refractivity contribution in [2.75, 3.05) is 9.80 Å². The third-order valence-electron chi connectivity index (χ3n) is 17.6. The van der Waals surface area contributed by atoms with Gasteiger partial charge in [-0.05, 0) is 180 Å². The van der Waals surface area contributed by atoms with E-state index in [0.717, 1.165) is 22.7 Å². The number of benzene rings is 10. The maximum atomic E-state index is 2.55. The topological polar surface area (TPSA) is 6.48 Å². The van der Waals surface area contributed by atoms with Crippen LogP contribution < -0.4 is 26.2 Å². The SMILES string of the molecule is Cc1ccc(C(C)(C)C)cc1-c1ccc(C(C)(C)C)cc1.Cc1ccc(C(C)(C)C)cc1B1c2cc(C(C)(C)C)ccc2N(c2ccc(C(C)(C)C)cc2)c2cc(N(c3cccc(-c4ccccc4)c3)c3cccc(-c4ccccc4)c3)cc(C)c21. The highest BCUT2D eigenvalue weighted by atomic mass is 15.2. The summed E-state index contributed by atoms with van der Waals surface area (Å²) in [4.78, 5) is 5.02. The van der Waals surface area contributed by atoms with Crippen molar-refractivity contribution >= 4 is 57.2 Å². The number of hydrogen-bond donors (Lipinski definition) is 0. The molecule has 0 atom stereocenters. The first kappa shape index (κ1) is 61.0. The van der Waals surface area contributed by atoms with Crippen LogP contribution in [0.15, 0.2) is 224 Å². The molecule has 86 heavy (non-hydrogen) atoms. The van der Waals surface area contributed by atoms with Gasteiger partial charge in [-0.2, -0.15) is 0 Å². The second-order valence-electron chi connectivity index (χ2n) is 29.4.